The van der Waals surface area contributed by atoms with E-state index in [1.165, 1.54) is 4.68 Å². The zero-order chi connectivity index (χ0) is 18.8. The highest BCUT2D eigenvalue weighted by atomic mass is 16.5. The average molecular weight is 363 g/mol. The summed E-state index contributed by atoms with van der Waals surface area (Å²) in [5.74, 6) is 0.969. The van der Waals surface area contributed by atoms with Crippen LogP contribution in [0.2, 0.25) is 0 Å². The van der Waals surface area contributed by atoms with Crippen molar-refractivity contribution in [3.8, 4) is 17.2 Å². The highest BCUT2D eigenvalue weighted by Gasteiger charge is 2.12. The fourth-order valence-electron chi connectivity index (χ4n) is 2.77. The molecular weight excluding hydrogens is 346 g/mol. The van der Waals surface area contributed by atoms with Gasteiger partial charge in [-0.25, -0.2) is 4.98 Å². The molecule has 0 aliphatic rings. The first-order valence-corrected chi connectivity index (χ1v) is 8.42. The van der Waals surface area contributed by atoms with E-state index in [0.717, 1.165) is 16.6 Å². The molecule has 0 aliphatic carbocycles. The van der Waals surface area contributed by atoms with Gasteiger partial charge < -0.3 is 14.3 Å². The summed E-state index contributed by atoms with van der Waals surface area (Å²) in [7, 11) is 0. The number of aliphatic carboxylic acids is 1. The van der Waals surface area contributed by atoms with E-state index in [9.17, 15) is 4.79 Å². The lowest BCUT2D eigenvalue weighted by atomic mass is 10.2. The number of carboxylic acids is 1. The zero-order valence-electron chi connectivity index (χ0n) is 14.6. The van der Waals surface area contributed by atoms with Crippen molar-refractivity contribution in [2.75, 3.05) is 0 Å². The van der Waals surface area contributed by atoms with Gasteiger partial charge in [-0.05, 0) is 31.2 Å². The van der Waals surface area contributed by atoms with Crippen LogP contribution in [0.15, 0.2) is 59.1 Å². The van der Waals surface area contributed by atoms with Crippen LogP contribution in [0.1, 0.15) is 11.5 Å². The van der Waals surface area contributed by atoms with E-state index in [1.807, 2.05) is 49.4 Å². The summed E-state index contributed by atoms with van der Waals surface area (Å²) in [6.45, 7) is 1.95. The van der Waals surface area contributed by atoms with Gasteiger partial charge in [-0.15, -0.1) is 0 Å². The van der Waals surface area contributed by atoms with E-state index in [2.05, 4.69) is 10.1 Å². The molecule has 7 nitrogen and oxygen atoms in total. The lowest BCUT2D eigenvalue weighted by Gasteiger charge is -2.04. The number of fused-ring (bicyclic) bond motifs is 1. The predicted molar refractivity (Wildman–Crippen MR) is 98.4 cm³/mol. The van der Waals surface area contributed by atoms with Crippen LogP contribution in [0.5, 0.6) is 5.75 Å². The Kier molecular flexibility index (Phi) is 4.33. The molecule has 136 valence electrons. The number of rotatable bonds is 6. The van der Waals surface area contributed by atoms with Crippen LogP contribution in [0.3, 0.4) is 0 Å². The molecule has 0 radical (unpaired) electrons. The third-order valence-electron chi connectivity index (χ3n) is 4.11. The van der Waals surface area contributed by atoms with Crippen LogP contribution in [0.4, 0.5) is 0 Å². The Morgan fingerprint density at radius 3 is 2.81 bits per heavy atom. The maximum Gasteiger partial charge on any atom is 0.325 e. The fourth-order valence-corrected chi connectivity index (χ4v) is 2.77. The molecule has 27 heavy (non-hydrogen) atoms. The van der Waals surface area contributed by atoms with Gasteiger partial charge in [0.15, 0.2) is 0 Å². The third-order valence-corrected chi connectivity index (χ3v) is 4.11. The molecule has 2 aromatic heterocycles. The van der Waals surface area contributed by atoms with E-state index in [4.69, 9.17) is 14.3 Å². The zero-order valence-corrected chi connectivity index (χ0v) is 14.6. The molecule has 4 rings (SSSR count). The summed E-state index contributed by atoms with van der Waals surface area (Å²) < 4.78 is 13.0. The molecule has 0 spiro atoms. The molecule has 0 bridgehead atoms. The van der Waals surface area contributed by atoms with Crippen LogP contribution >= 0.6 is 0 Å². The third kappa shape index (κ3) is 3.67. The van der Waals surface area contributed by atoms with Crippen LogP contribution in [0.25, 0.3) is 22.4 Å². The molecule has 4 aromatic rings. The molecule has 2 aromatic carbocycles. The molecule has 0 atom stereocenters. The summed E-state index contributed by atoms with van der Waals surface area (Å²) in [6, 6.07) is 15.1. The molecule has 2 heterocycles. The number of hydrogen-bond acceptors (Lipinski definition) is 5. The Labute approximate surface area is 154 Å². The highest BCUT2D eigenvalue weighted by Crippen LogP contribution is 2.24. The van der Waals surface area contributed by atoms with Crippen LogP contribution in [0, 0.1) is 6.92 Å². The van der Waals surface area contributed by atoms with E-state index in [-0.39, 0.29) is 13.2 Å². The van der Waals surface area contributed by atoms with E-state index < -0.39 is 5.97 Å². The smallest absolute Gasteiger partial charge is 0.325 e. The van der Waals surface area contributed by atoms with Crippen molar-refractivity contribution in [1.82, 2.24) is 14.8 Å². The Morgan fingerprint density at radius 1 is 1.22 bits per heavy atom. The van der Waals surface area contributed by atoms with Gasteiger partial charge in [0.05, 0.1) is 5.52 Å². The minimum Gasteiger partial charge on any atom is -0.487 e. The monoisotopic (exact) mass is 363 g/mol. The van der Waals surface area contributed by atoms with Gasteiger partial charge in [0, 0.05) is 23.2 Å². The molecule has 0 amide bonds. The van der Waals surface area contributed by atoms with Crippen molar-refractivity contribution in [3.63, 3.8) is 0 Å². The number of carboxylic acid groups (broad SMARTS) is 1. The minimum absolute atomic E-state index is 0.175. The van der Waals surface area contributed by atoms with Crippen molar-refractivity contribution < 1.29 is 19.1 Å². The molecular formula is C20H17N3O4. The quantitative estimate of drug-likeness (QED) is 0.562. The van der Waals surface area contributed by atoms with Crippen molar-refractivity contribution in [2.45, 2.75) is 20.1 Å². The SMILES string of the molecule is Cc1oc(-c2ccccc2)nc1COc1ccc2cn(CC(=O)O)nc2c1. The molecule has 0 saturated heterocycles. The number of aromatic nitrogens is 3. The van der Waals surface area contributed by atoms with Gasteiger partial charge in [-0.2, -0.15) is 5.10 Å². The normalized spacial score (nSPS) is 11.0. The Hall–Kier alpha value is -3.61. The highest BCUT2D eigenvalue weighted by molar-refractivity contribution is 5.80. The summed E-state index contributed by atoms with van der Waals surface area (Å²) >= 11 is 0. The molecule has 7 heteroatoms. The number of benzene rings is 2. The Balaban J connectivity index is 1.50. The van der Waals surface area contributed by atoms with Gasteiger partial charge >= 0.3 is 5.97 Å². The van der Waals surface area contributed by atoms with Crippen LogP contribution in [-0.2, 0) is 17.9 Å². The topological polar surface area (TPSA) is 90.4 Å². The van der Waals surface area contributed by atoms with Crippen molar-refractivity contribution in [1.29, 1.82) is 0 Å². The van der Waals surface area contributed by atoms with Gasteiger partial charge in [-0.3, -0.25) is 9.48 Å². The van der Waals surface area contributed by atoms with Crippen molar-refractivity contribution in [2.24, 2.45) is 0 Å². The Bertz CT molecular complexity index is 1100. The molecule has 0 fully saturated rings. The Morgan fingerprint density at radius 2 is 2.04 bits per heavy atom. The lowest BCUT2D eigenvalue weighted by molar-refractivity contribution is -0.137. The number of aryl methyl sites for hydroxylation is 1. The largest absolute Gasteiger partial charge is 0.487 e. The van der Waals surface area contributed by atoms with E-state index in [0.29, 0.717) is 22.9 Å². The van der Waals surface area contributed by atoms with Crippen molar-refractivity contribution >= 4 is 16.9 Å². The maximum atomic E-state index is 10.8. The first-order chi connectivity index (χ1) is 13.1. The number of oxazole rings is 1. The second-order valence-electron chi connectivity index (χ2n) is 6.12. The van der Waals surface area contributed by atoms with Gasteiger partial charge in [-0.1, -0.05) is 18.2 Å². The van der Waals surface area contributed by atoms with Gasteiger partial charge in [0.25, 0.3) is 0 Å². The average Bonchev–Trinajstić information content (AvgIpc) is 3.22. The predicted octanol–water partition coefficient (Wildman–Crippen LogP) is 3.66. The molecule has 1 N–H and O–H groups in total. The molecule has 0 saturated carbocycles. The first kappa shape index (κ1) is 16.8. The maximum absolute atomic E-state index is 10.8. The van der Waals surface area contributed by atoms with Crippen LogP contribution < -0.4 is 4.74 Å². The molecule has 0 aliphatic heterocycles. The van der Waals surface area contributed by atoms with Gasteiger partial charge in [0.2, 0.25) is 5.89 Å². The number of hydrogen-bond donors (Lipinski definition) is 1. The second-order valence-corrected chi connectivity index (χ2v) is 6.12. The summed E-state index contributed by atoms with van der Waals surface area (Å²) in [5, 5.41) is 14.0. The number of ether oxygens (including phenoxy) is 1. The van der Waals surface area contributed by atoms with Gasteiger partial charge in [0.1, 0.15) is 30.4 Å². The summed E-state index contributed by atoms with van der Waals surface area (Å²) in [6.07, 6.45) is 1.70. The fraction of sp³-hybridized carbons (Fsp3) is 0.150. The number of nitrogens with zero attached hydrogens (tertiary/aromatic N) is 3. The van der Waals surface area contributed by atoms with E-state index in [1.54, 1.807) is 12.3 Å². The standard InChI is InChI=1S/C20H17N3O4/c1-13-18(21-20(27-13)14-5-3-2-4-6-14)12-26-16-8-7-15-10-23(11-19(24)25)22-17(15)9-16/h2-10H,11-12H2,1H3,(H,24,25). The molecule has 0 unspecified atom stereocenters. The van der Waals surface area contributed by atoms with Crippen molar-refractivity contribution in [3.05, 3.63) is 66.2 Å². The summed E-state index contributed by atoms with van der Waals surface area (Å²) in [4.78, 5) is 15.3. The lowest BCUT2D eigenvalue weighted by Crippen LogP contribution is -2.08. The van der Waals surface area contributed by atoms with Crippen LogP contribution in [-0.4, -0.2) is 25.8 Å². The van der Waals surface area contributed by atoms with E-state index >= 15 is 0 Å². The summed E-state index contributed by atoms with van der Waals surface area (Å²) in [5.41, 5.74) is 2.32. The number of carbonyl (C=O) groups is 1. The first-order valence-electron chi connectivity index (χ1n) is 8.42. The minimum atomic E-state index is -0.935. The second kappa shape index (κ2) is 6.95.